The van der Waals surface area contributed by atoms with Crippen molar-refractivity contribution in [1.29, 1.82) is 0 Å². The molecule has 2 fully saturated rings. The van der Waals surface area contributed by atoms with Crippen LogP contribution in [0, 0.1) is 11.3 Å². The molecule has 0 aromatic carbocycles. The van der Waals surface area contributed by atoms with Crippen LogP contribution in [0.15, 0.2) is 12.7 Å². The number of nitrogen functional groups attached to an aromatic ring is 1. The summed E-state index contributed by atoms with van der Waals surface area (Å²) < 4.78 is 2.09. The third kappa shape index (κ3) is 1.06. The lowest BCUT2D eigenvalue weighted by atomic mass is 10.3. The van der Waals surface area contributed by atoms with Gasteiger partial charge >= 0.3 is 0 Å². The van der Waals surface area contributed by atoms with Gasteiger partial charge in [-0.2, -0.15) is 0 Å². The molecule has 0 bridgehead atoms. The molecule has 4 rings (SSSR count). The van der Waals surface area contributed by atoms with Crippen LogP contribution in [0.2, 0.25) is 0 Å². The second-order valence-electron chi connectivity index (χ2n) is 5.12. The molecule has 2 aromatic heterocycles. The number of hydrogen-bond acceptors (Lipinski definition) is 5. The van der Waals surface area contributed by atoms with Crippen LogP contribution in [-0.4, -0.2) is 31.2 Å². The maximum Gasteiger partial charge on any atom is 0.165 e. The number of nitrogens with zero attached hydrogens (tertiary/aromatic N) is 4. The Labute approximate surface area is 97.5 Å². The van der Waals surface area contributed by atoms with E-state index in [9.17, 15) is 5.11 Å². The van der Waals surface area contributed by atoms with Crippen LogP contribution in [0.25, 0.3) is 11.2 Å². The number of hydrogen-bond donors (Lipinski definition) is 2. The Morgan fingerprint density at radius 1 is 1.41 bits per heavy atom. The lowest BCUT2D eigenvalue weighted by Gasteiger charge is -2.01. The number of aliphatic hydroxyl groups excluding tert-OH is 1. The third-order valence-corrected chi connectivity index (χ3v) is 4.30. The van der Waals surface area contributed by atoms with Gasteiger partial charge in [0.2, 0.25) is 0 Å². The van der Waals surface area contributed by atoms with Crippen molar-refractivity contribution in [3.05, 3.63) is 12.7 Å². The maximum absolute atomic E-state index is 9.18. The topological polar surface area (TPSA) is 89.9 Å². The summed E-state index contributed by atoms with van der Waals surface area (Å²) in [4.78, 5) is 12.5. The van der Waals surface area contributed by atoms with Gasteiger partial charge in [0.25, 0.3) is 0 Å². The average Bonchev–Trinajstić information content (AvgIpc) is 3.18. The van der Waals surface area contributed by atoms with E-state index in [1.54, 1.807) is 6.33 Å². The van der Waals surface area contributed by atoms with Crippen molar-refractivity contribution in [1.82, 2.24) is 19.5 Å². The summed E-state index contributed by atoms with van der Waals surface area (Å²) >= 11 is 0. The highest BCUT2D eigenvalue weighted by atomic mass is 16.3. The lowest BCUT2D eigenvalue weighted by Crippen LogP contribution is -2.00. The molecule has 0 saturated heterocycles. The maximum atomic E-state index is 9.18. The first kappa shape index (κ1) is 9.35. The number of fused-ring (bicyclic) bond motifs is 1. The van der Waals surface area contributed by atoms with Gasteiger partial charge in [0.05, 0.1) is 6.33 Å². The van der Waals surface area contributed by atoms with Crippen LogP contribution in [0.1, 0.15) is 18.9 Å². The SMILES string of the molecule is Nc1ncnc2c1ncn2[C@H]1C[C@@]12C[C@@H]2CO. The summed E-state index contributed by atoms with van der Waals surface area (Å²) in [7, 11) is 0. The summed E-state index contributed by atoms with van der Waals surface area (Å²) in [5.41, 5.74) is 7.57. The summed E-state index contributed by atoms with van der Waals surface area (Å²) in [6, 6.07) is 0.430. The molecular weight excluding hydrogens is 218 g/mol. The predicted octanol–water partition coefficient (Wildman–Crippen LogP) is 0.352. The second-order valence-corrected chi connectivity index (χ2v) is 5.12. The van der Waals surface area contributed by atoms with Crippen LogP contribution in [0.5, 0.6) is 0 Å². The van der Waals surface area contributed by atoms with Gasteiger partial charge < -0.3 is 15.4 Å². The number of rotatable bonds is 2. The number of aliphatic hydroxyl groups is 1. The number of anilines is 1. The van der Waals surface area contributed by atoms with E-state index >= 15 is 0 Å². The van der Waals surface area contributed by atoms with Crippen molar-refractivity contribution in [3.8, 4) is 0 Å². The Hall–Kier alpha value is -1.69. The van der Waals surface area contributed by atoms with Crippen molar-refractivity contribution in [2.24, 2.45) is 11.3 Å². The fraction of sp³-hybridized carbons (Fsp3) is 0.545. The molecule has 0 amide bonds. The summed E-state index contributed by atoms with van der Waals surface area (Å²) in [5, 5.41) is 9.18. The third-order valence-electron chi connectivity index (χ3n) is 4.30. The minimum atomic E-state index is 0.292. The van der Waals surface area contributed by atoms with Gasteiger partial charge in [0, 0.05) is 12.6 Å². The Kier molecular flexibility index (Phi) is 1.52. The van der Waals surface area contributed by atoms with Crippen molar-refractivity contribution in [3.63, 3.8) is 0 Å². The van der Waals surface area contributed by atoms with Crippen molar-refractivity contribution in [2.45, 2.75) is 18.9 Å². The molecule has 2 saturated carbocycles. The van der Waals surface area contributed by atoms with Crippen molar-refractivity contribution < 1.29 is 5.11 Å². The number of aromatic nitrogens is 4. The summed E-state index contributed by atoms with van der Waals surface area (Å²) in [6.45, 7) is 0.292. The Balaban J connectivity index is 1.77. The Morgan fingerprint density at radius 3 is 3.06 bits per heavy atom. The molecule has 6 heteroatoms. The van der Waals surface area contributed by atoms with E-state index in [0.29, 0.717) is 35.3 Å². The second kappa shape index (κ2) is 2.76. The first-order valence-electron chi connectivity index (χ1n) is 5.80. The number of imidazole rings is 1. The first-order chi connectivity index (χ1) is 8.26. The molecule has 17 heavy (non-hydrogen) atoms. The zero-order valence-electron chi connectivity index (χ0n) is 9.24. The summed E-state index contributed by atoms with van der Waals surface area (Å²) in [6.07, 6.45) is 5.51. The molecule has 0 unspecified atom stereocenters. The highest BCUT2D eigenvalue weighted by Crippen LogP contribution is 2.76. The number of nitrogens with two attached hydrogens (primary N) is 1. The molecule has 3 atom stereocenters. The molecule has 6 nitrogen and oxygen atoms in total. The highest BCUT2D eigenvalue weighted by molar-refractivity contribution is 5.81. The van der Waals surface area contributed by atoms with Gasteiger partial charge in [-0.1, -0.05) is 0 Å². The molecule has 3 N–H and O–H groups in total. The van der Waals surface area contributed by atoms with Gasteiger partial charge in [-0.3, -0.25) is 0 Å². The van der Waals surface area contributed by atoms with E-state index < -0.39 is 0 Å². The van der Waals surface area contributed by atoms with E-state index in [-0.39, 0.29) is 0 Å². The standard InChI is InChI=1S/C11H13N5O/c12-9-8-10(14-4-13-9)16(5-15-8)7-2-11(7)1-6(11)3-17/h4-7,17H,1-3H2,(H2,12,13,14)/t6-,7+,11-/m1/s1. The fourth-order valence-electron chi connectivity index (χ4n) is 3.08. The largest absolute Gasteiger partial charge is 0.396 e. The normalized spacial score (nSPS) is 34.4. The van der Waals surface area contributed by atoms with Gasteiger partial charge in [-0.05, 0) is 24.2 Å². The molecule has 1 spiro atoms. The zero-order chi connectivity index (χ0) is 11.6. The minimum absolute atomic E-state index is 0.292. The lowest BCUT2D eigenvalue weighted by molar-refractivity contribution is 0.264. The van der Waals surface area contributed by atoms with Gasteiger partial charge in [-0.25, -0.2) is 15.0 Å². The highest BCUT2D eigenvalue weighted by Gasteiger charge is 2.71. The van der Waals surface area contributed by atoms with Crippen LogP contribution in [0.4, 0.5) is 5.82 Å². The fourth-order valence-corrected chi connectivity index (χ4v) is 3.08. The molecular formula is C11H13N5O. The van der Waals surface area contributed by atoms with E-state index in [2.05, 4.69) is 19.5 Å². The van der Waals surface area contributed by atoms with Gasteiger partial charge in [-0.15, -0.1) is 0 Å². The van der Waals surface area contributed by atoms with Crippen LogP contribution < -0.4 is 5.73 Å². The summed E-state index contributed by atoms with van der Waals surface area (Å²) in [5.74, 6) is 0.891. The average molecular weight is 231 g/mol. The van der Waals surface area contributed by atoms with E-state index in [4.69, 9.17) is 5.73 Å². The molecule has 2 aliphatic rings. The molecule has 2 heterocycles. The molecule has 0 radical (unpaired) electrons. The Bertz CT molecular complexity index is 609. The van der Waals surface area contributed by atoms with Crippen molar-refractivity contribution in [2.75, 3.05) is 12.3 Å². The molecule has 0 aliphatic heterocycles. The monoisotopic (exact) mass is 231 g/mol. The van der Waals surface area contributed by atoms with Crippen LogP contribution >= 0.6 is 0 Å². The van der Waals surface area contributed by atoms with Crippen molar-refractivity contribution >= 4 is 17.0 Å². The van der Waals surface area contributed by atoms with Crippen LogP contribution in [-0.2, 0) is 0 Å². The van der Waals surface area contributed by atoms with Crippen LogP contribution in [0.3, 0.4) is 0 Å². The van der Waals surface area contributed by atoms with E-state index in [1.807, 2.05) is 0 Å². The van der Waals surface area contributed by atoms with Gasteiger partial charge in [0.15, 0.2) is 11.5 Å². The Morgan fingerprint density at radius 2 is 2.29 bits per heavy atom. The van der Waals surface area contributed by atoms with E-state index in [0.717, 1.165) is 18.5 Å². The zero-order valence-corrected chi connectivity index (χ0v) is 9.24. The minimum Gasteiger partial charge on any atom is -0.396 e. The molecule has 88 valence electrons. The quantitative estimate of drug-likeness (QED) is 0.778. The smallest absolute Gasteiger partial charge is 0.165 e. The van der Waals surface area contributed by atoms with E-state index in [1.165, 1.54) is 6.33 Å². The molecule has 2 aromatic rings. The van der Waals surface area contributed by atoms with Gasteiger partial charge in [0.1, 0.15) is 11.8 Å². The predicted molar refractivity (Wildman–Crippen MR) is 61.0 cm³/mol. The molecule has 2 aliphatic carbocycles. The first-order valence-corrected chi connectivity index (χ1v) is 5.80.